The molecule has 2 heteroatoms. The molecule has 0 heterocycles. The Balaban J connectivity index is 1.56. The molecule has 0 bridgehead atoms. The van der Waals surface area contributed by atoms with E-state index in [1.54, 1.807) is 0 Å². The van der Waals surface area contributed by atoms with Crippen molar-refractivity contribution in [3.8, 4) is 5.75 Å². The van der Waals surface area contributed by atoms with E-state index in [-0.39, 0.29) is 0 Å². The molecule has 1 N–H and O–H groups in total. The van der Waals surface area contributed by atoms with Crippen LogP contribution >= 0.6 is 0 Å². The van der Waals surface area contributed by atoms with Crippen LogP contribution in [-0.4, -0.2) is 6.10 Å². The van der Waals surface area contributed by atoms with E-state index in [0.717, 1.165) is 12.3 Å². The summed E-state index contributed by atoms with van der Waals surface area (Å²) in [4.78, 5) is 0. The molecule has 0 saturated heterocycles. The summed E-state index contributed by atoms with van der Waals surface area (Å²) in [6.45, 7) is 5.11. The third-order valence-corrected chi connectivity index (χ3v) is 4.39. The molecule has 22 heavy (non-hydrogen) atoms. The van der Waals surface area contributed by atoms with Crippen molar-refractivity contribution < 1.29 is 4.74 Å². The monoisotopic (exact) mass is 295 g/mol. The molecule has 0 aromatic heterocycles. The van der Waals surface area contributed by atoms with Crippen LogP contribution in [-0.2, 0) is 6.54 Å². The first kappa shape index (κ1) is 15.0. The predicted octanol–water partition coefficient (Wildman–Crippen LogP) is 5.24. The summed E-state index contributed by atoms with van der Waals surface area (Å²) in [5.74, 6) is 1.00. The van der Waals surface area contributed by atoms with Gasteiger partial charge in [-0.05, 0) is 68.9 Å². The normalized spacial score (nSPS) is 15.0. The SMILES string of the molecule is Cc1ccc(NCc2ccc(OC3CCCC3)cc2)c(C)c1. The van der Waals surface area contributed by atoms with Crippen LogP contribution < -0.4 is 10.1 Å². The molecule has 1 fully saturated rings. The number of aryl methyl sites for hydroxylation is 2. The van der Waals surface area contributed by atoms with Crippen molar-refractivity contribution >= 4 is 5.69 Å². The van der Waals surface area contributed by atoms with Crippen LogP contribution in [0.3, 0.4) is 0 Å². The molecule has 0 aliphatic heterocycles. The van der Waals surface area contributed by atoms with Crippen LogP contribution in [0.25, 0.3) is 0 Å². The standard InChI is InChI=1S/C20H25NO/c1-15-7-12-20(16(2)13-15)21-14-17-8-10-19(11-9-17)22-18-5-3-4-6-18/h7-13,18,21H,3-6,14H2,1-2H3. The molecule has 3 rings (SSSR count). The number of nitrogens with one attached hydrogen (secondary N) is 1. The lowest BCUT2D eigenvalue weighted by Gasteiger charge is -2.14. The first-order valence-corrected chi connectivity index (χ1v) is 8.27. The van der Waals surface area contributed by atoms with Gasteiger partial charge in [-0.25, -0.2) is 0 Å². The fourth-order valence-corrected chi connectivity index (χ4v) is 3.09. The third-order valence-electron chi connectivity index (χ3n) is 4.39. The van der Waals surface area contributed by atoms with Crippen LogP contribution in [0.4, 0.5) is 5.69 Å². The van der Waals surface area contributed by atoms with E-state index in [2.05, 4.69) is 61.6 Å². The summed E-state index contributed by atoms with van der Waals surface area (Å²) in [5, 5.41) is 3.51. The van der Waals surface area contributed by atoms with Gasteiger partial charge in [0.1, 0.15) is 5.75 Å². The van der Waals surface area contributed by atoms with Gasteiger partial charge in [0, 0.05) is 12.2 Å². The van der Waals surface area contributed by atoms with Crippen molar-refractivity contribution in [2.24, 2.45) is 0 Å². The lowest BCUT2D eigenvalue weighted by atomic mass is 10.1. The fourth-order valence-electron chi connectivity index (χ4n) is 3.09. The molecule has 0 radical (unpaired) electrons. The summed E-state index contributed by atoms with van der Waals surface area (Å²) in [5.41, 5.74) is 5.08. The van der Waals surface area contributed by atoms with Crippen molar-refractivity contribution in [1.29, 1.82) is 0 Å². The molecule has 0 unspecified atom stereocenters. The van der Waals surface area contributed by atoms with E-state index in [4.69, 9.17) is 4.74 Å². The van der Waals surface area contributed by atoms with Gasteiger partial charge in [-0.1, -0.05) is 29.8 Å². The minimum atomic E-state index is 0.430. The molecule has 0 spiro atoms. The number of benzene rings is 2. The smallest absolute Gasteiger partial charge is 0.119 e. The van der Waals surface area contributed by atoms with Gasteiger partial charge in [0.05, 0.1) is 6.10 Å². The molecule has 2 aromatic carbocycles. The number of anilines is 1. The quantitative estimate of drug-likeness (QED) is 0.814. The fraction of sp³-hybridized carbons (Fsp3) is 0.400. The minimum absolute atomic E-state index is 0.430. The van der Waals surface area contributed by atoms with Gasteiger partial charge < -0.3 is 10.1 Å². The average Bonchev–Trinajstić information content (AvgIpc) is 3.01. The van der Waals surface area contributed by atoms with Crippen LogP contribution in [0.15, 0.2) is 42.5 Å². The Bertz CT molecular complexity index is 612. The lowest BCUT2D eigenvalue weighted by molar-refractivity contribution is 0.210. The van der Waals surface area contributed by atoms with E-state index >= 15 is 0 Å². The molecule has 1 aliphatic carbocycles. The zero-order chi connectivity index (χ0) is 15.4. The van der Waals surface area contributed by atoms with E-state index in [0.29, 0.717) is 6.10 Å². The predicted molar refractivity (Wildman–Crippen MR) is 92.6 cm³/mol. The highest BCUT2D eigenvalue weighted by molar-refractivity contribution is 5.52. The molecule has 0 amide bonds. The highest BCUT2D eigenvalue weighted by Crippen LogP contribution is 2.24. The van der Waals surface area contributed by atoms with Gasteiger partial charge in [-0.15, -0.1) is 0 Å². The summed E-state index contributed by atoms with van der Waals surface area (Å²) in [6.07, 6.45) is 5.45. The first-order chi connectivity index (χ1) is 10.7. The Morgan fingerprint density at radius 2 is 1.73 bits per heavy atom. The van der Waals surface area contributed by atoms with Gasteiger partial charge in [-0.2, -0.15) is 0 Å². The average molecular weight is 295 g/mol. The highest BCUT2D eigenvalue weighted by atomic mass is 16.5. The van der Waals surface area contributed by atoms with E-state index < -0.39 is 0 Å². The van der Waals surface area contributed by atoms with Crippen LogP contribution in [0.5, 0.6) is 5.75 Å². The van der Waals surface area contributed by atoms with Crippen molar-refractivity contribution in [3.05, 3.63) is 59.2 Å². The molecule has 1 aliphatic rings. The molecular weight excluding hydrogens is 270 g/mol. The number of rotatable bonds is 5. The van der Waals surface area contributed by atoms with E-state index in [1.165, 1.54) is 48.1 Å². The van der Waals surface area contributed by atoms with Gasteiger partial charge in [-0.3, -0.25) is 0 Å². The van der Waals surface area contributed by atoms with Crippen LogP contribution in [0.2, 0.25) is 0 Å². The minimum Gasteiger partial charge on any atom is -0.490 e. The molecule has 2 nitrogen and oxygen atoms in total. The lowest BCUT2D eigenvalue weighted by Crippen LogP contribution is -2.10. The van der Waals surface area contributed by atoms with Crippen molar-refractivity contribution in [3.63, 3.8) is 0 Å². The highest BCUT2D eigenvalue weighted by Gasteiger charge is 2.16. The summed E-state index contributed by atoms with van der Waals surface area (Å²) < 4.78 is 6.00. The number of hydrogen-bond donors (Lipinski definition) is 1. The van der Waals surface area contributed by atoms with E-state index in [9.17, 15) is 0 Å². The van der Waals surface area contributed by atoms with Gasteiger partial charge in [0.2, 0.25) is 0 Å². The van der Waals surface area contributed by atoms with Crippen molar-refractivity contribution in [2.75, 3.05) is 5.32 Å². The van der Waals surface area contributed by atoms with Crippen molar-refractivity contribution in [2.45, 2.75) is 52.2 Å². The summed E-state index contributed by atoms with van der Waals surface area (Å²) >= 11 is 0. The Hall–Kier alpha value is -1.96. The largest absolute Gasteiger partial charge is 0.490 e. The van der Waals surface area contributed by atoms with Crippen molar-refractivity contribution in [1.82, 2.24) is 0 Å². The van der Waals surface area contributed by atoms with Gasteiger partial charge in [0.15, 0.2) is 0 Å². The first-order valence-electron chi connectivity index (χ1n) is 8.27. The zero-order valence-corrected chi connectivity index (χ0v) is 13.6. The maximum absolute atomic E-state index is 6.00. The maximum atomic E-state index is 6.00. The Labute approximate surface area is 133 Å². The second-order valence-electron chi connectivity index (χ2n) is 6.34. The Morgan fingerprint density at radius 1 is 1.00 bits per heavy atom. The summed E-state index contributed by atoms with van der Waals surface area (Å²) in [6, 6.07) is 15.0. The zero-order valence-electron chi connectivity index (χ0n) is 13.6. The second-order valence-corrected chi connectivity index (χ2v) is 6.34. The van der Waals surface area contributed by atoms with Crippen LogP contribution in [0, 0.1) is 13.8 Å². The second kappa shape index (κ2) is 6.87. The van der Waals surface area contributed by atoms with Gasteiger partial charge in [0.25, 0.3) is 0 Å². The Kier molecular flexibility index (Phi) is 4.67. The summed E-state index contributed by atoms with van der Waals surface area (Å²) in [7, 11) is 0. The van der Waals surface area contributed by atoms with E-state index in [1.807, 2.05) is 0 Å². The third kappa shape index (κ3) is 3.82. The number of ether oxygens (including phenoxy) is 1. The van der Waals surface area contributed by atoms with Gasteiger partial charge >= 0.3 is 0 Å². The molecule has 1 saturated carbocycles. The molecule has 116 valence electrons. The topological polar surface area (TPSA) is 21.3 Å². The molecule has 2 aromatic rings. The molecule has 0 atom stereocenters. The van der Waals surface area contributed by atoms with Crippen LogP contribution in [0.1, 0.15) is 42.4 Å². The molecular formula is C20H25NO. The maximum Gasteiger partial charge on any atom is 0.119 e. The number of hydrogen-bond acceptors (Lipinski definition) is 2. The Morgan fingerprint density at radius 3 is 2.41 bits per heavy atom.